The summed E-state index contributed by atoms with van der Waals surface area (Å²) in [7, 11) is 0. The van der Waals surface area contributed by atoms with Gasteiger partial charge in [0.15, 0.2) is 0 Å². The van der Waals surface area contributed by atoms with Gasteiger partial charge in [0.1, 0.15) is 11.6 Å². The highest BCUT2D eigenvalue weighted by Crippen LogP contribution is 2.15. The predicted molar refractivity (Wildman–Crippen MR) is 102 cm³/mol. The van der Waals surface area contributed by atoms with Crippen molar-refractivity contribution in [3.05, 3.63) is 41.6 Å². The second kappa shape index (κ2) is 8.39. The highest BCUT2D eigenvalue weighted by Gasteiger charge is 2.14. The third-order valence-corrected chi connectivity index (χ3v) is 4.99. The Morgan fingerprint density at radius 3 is 2.85 bits per heavy atom. The molecule has 2 aromatic rings. The predicted octanol–water partition coefficient (Wildman–Crippen LogP) is 1.45. The van der Waals surface area contributed by atoms with Crippen LogP contribution in [0.5, 0.6) is 0 Å². The summed E-state index contributed by atoms with van der Waals surface area (Å²) in [5.74, 6) is 2.06. The van der Waals surface area contributed by atoms with Crippen molar-refractivity contribution in [3.63, 3.8) is 0 Å². The number of carbonyl (C=O) groups is 1. The van der Waals surface area contributed by atoms with Crippen molar-refractivity contribution in [1.82, 2.24) is 25.2 Å². The van der Waals surface area contributed by atoms with E-state index in [0.717, 1.165) is 62.2 Å². The van der Waals surface area contributed by atoms with E-state index in [4.69, 9.17) is 4.74 Å². The molecule has 0 aliphatic carbocycles. The number of nitrogens with one attached hydrogen (secondary N) is 2. The van der Waals surface area contributed by atoms with Crippen molar-refractivity contribution < 1.29 is 9.53 Å². The zero-order valence-corrected chi connectivity index (χ0v) is 15.5. The van der Waals surface area contributed by atoms with Crippen LogP contribution in [0.1, 0.15) is 29.9 Å². The van der Waals surface area contributed by atoms with Crippen LogP contribution in [0.2, 0.25) is 0 Å². The Balaban J connectivity index is 1.26. The number of aryl methyl sites for hydroxylation is 2. The number of ether oxygens (including phenoxy) is 1. The molecular formula is C19H26N6O2. The van der Waals surface area contributed by atoms with E-state index in [-0.39, 0.29) is 6.03 Å². The lowest BCUT2D eigenvalue weighted by atomic mass is 10.2. The fourth-order valence-corrected chi connectivity index (χ4v) is 3.51. The number of anilines is 1. The molecule has 0 unspecified atom stereocenters. The first-order valence-corrected chi connectivity index (χ1v) is 9.62. The quantitative estimate of drug-likeness (QED) is 0.832. The van der Waals surface area contributed by atoms with E-state index >= 15 is 0 Å². The number of aromatic nitrogens is 3. The van der Waals surface area contributed by atoms with Gasteiger partial charge in [0.2, 0.25) is 0 Å². The van der Waals surface area contributed by atoms with Gasteiger partial charge in [-0.1, -0.05) is 0 Å². The number of pyridine rings is 1. The number of fused-ring (bicyclic) bond motifs is 1. The summed E-state index contributed by atoms with van der Waals surface area (Å²) in [6.07, 6.45) is 7.26. The molecule has 27 heavy (non-hydrogen) atoms. The number of imidazole rings is 1. The minimum absolute atomic E-state index is 0.189. The van der Waals surface area contributed by atoms with E-state index in [9.17, 15) is 4.79 Å². The van der Waals surface area contributed by atoms with E-state index in [1.54, 1.807) is 6.20 Å². The highest BCUT2D eigenvalue weighted by molar-refractivity contribution is 5.73. The zero-order valence-electron chi connectivity index (χ0n) is 15.5. The Kier molecular flexibility index (Phi) is 5.53. The number of amides is 2. The smallest absolute Gasteiger partial charge is 0.315 e. The fourth-order valence-electron chi connectivity index (χ4n) is 3.51. The third kappa shape index (κ3) is 4.57. The largest absolute Gasteiger partial charge is 0.378 e. The molecule has 2 amide bonds. The van der Waals surface area contributed by atoms with Gasteiger partial charge in [-0.05, 0) is 30.5 Å². The number of urea groups is 1. The summed E-state index contributed by atoms with van der Waals surface area (Å²) < 4.78 is 7.58. The van der Waals surface area contributed by atoms with Crippen molar-refractivity contribution in [2.45, 2.75) is 38.9 Å². The number of rotatable bonds is 5. The van der Waals surface area contributed by atoms with Gasteiger partial charge in [0.05, 0.1) is 25.5 Å². The summed E-state index contributed by atoms with van der Waals surface area (Å²) in [5, 5.41) is 5.79. The van der Waals surface area contributed by atoms with Crippen molar-refractivity contribution in [2.75, 3.05) is 31.2 Å². The zero-order chi connectivity index (χ0) is 18.5. The Labute approximate surface area is 158 Å². The number of hydrogen-bond donors (Lipinski definition) is 2. The fraction of sp³-hybridized carbons (Fsp3) is 0.526. The molecule has 2 aliphatic heterocycles. The molecular weight excluding hydrogens is 344 g/mol. The highest BCUT2D eigenvalue weighted by atomic mass is 16.5. The van der Waals surface area contributed by atoms with Gasteiger partial charge in [0, 0.05) is 45.0 Å². The molecule has 2 aliphatic rings. The van der Waals surface area contributed by atoms with Crippen LogP contribution >= 0.6 is 0 Å². The van der Waals surface area contributed by atoms with Crippen LogP contribution in [0.3, 0.4) is 0 Å². The van der Waals surface area contributed by atoms with Gasteiger partial charge in [0.25, 0.3) is 0 Å². The van der Waals surface area contributed by atoms with Crippen molar-refractivity contribution in [1.29, 1.82) is 0 Å². The average molecular weight is 370 g/mol. The van der Waals surface area contributed by atoms with Crippen LogP contribution in [0.25, 0.3) is 0 Å². The molecule has 0 aromatic carbocycles. The van der Waals surface area contributed by atoms with Gasteiger partial charge in [-0.25, -0.2) is 14.8 Å². The Morgan fingerprint density at radius 1 is 1.15 bits per heavy atom. The lowest BCUT2D eigenvalue weighted by Crippen LogP contribution is -2.37. The van der Waals surface area contributed by atoms with Crippen molar-refractivity contribution >= 4 is 11.8 Å². The van der Waals surface area contributed by atoms with E-state index < -0.39 is 0 Å². The number of nitrogens with zero attached hydrogens (tertiary/aromatic N) is 4. The first kappa shape index (κ1) is 17.8. The molecule has 4 rings (SSSR count). The molecule has 0 saturated carbocycles. The molecule has 0 radical (unpaired) electrons. The summed E-state index contributed by atoms with van der Waals surface area (Å²) in [6.45, 7) is 5.08. The summed E-state index contributed by atoms with van der Waals surface area (Å²) >= 11 is 0. The van der Waals surface area contributed by atoms with Crippen LogP contribution in [0.15, 0.2) is 24.5 Å². The first-order chi connectivity index (χ1) is 13.3. The second-order valence-corrected chi connectivity index (χ2v) is 6.96. The molecule has 1 fully saturated rings. The van der Waals surface area contributed by atoms with Crippen molar-refractivity contribution in [2.24, 2.45) is 0 Å². The van der Waals surface area contributed by atoms with E-state index in [1.807, 2.05) is 18.3 Å². The molecule has 0 bridgehead atoms. The molecule has 4 heterocycles. The van der Waals surface area contributed by atoms with Crippen LogP contribution in [-0.4, -0.2) is 46.9 Å². The molecule has 8 heteroatoms. The molecule has 0 atom stereocenters. The standard InChI is InChI=1S/C19H26N6O2/c26-19(22-13-16-14-25-6-2-1-3-17(25)23-16)21-12-15-4-5-20-18(11-15)24-7-9-27-10-8-24/h4-5,11,14H,1-3,6-10,12-13H2,(H2,21,22,26). The van der Waals surface area contributed by atoms with Crippen LogP contribution in [-0.2, 0) is 30.8 Å². The van der Waals surface area contributed by atoms with Crippen LogP contribution < -0.4 is 15.5 Å². The van der Waals surface area contributed by atoms with Crippen molar-refractivity contribution in [3.8, 4) is 0 Å². The van der Waals surface area contributed by atoms with Crippen LogP contribution in [0.4, 0.5) is 10.6 Å². The minimum Gasteiger partial charge on any atom is -0.378 e. The first-order valence-electron chi connectivity index (χ1n) is 9.62. The molecule has 2 N–H and O–H groups in total. The number of morpholine rings is 1. The number of carbonyl (C=O) groups excluding carboxylic acids is 1. The Morgan fingerprint density at radius 2 is 2.00 bits per heavy atom. The SMILES string of the molecule is O=C(NCc1ccnc(N2CCOCC2)c1)NCc1cn2c(n1)CCCC2. The lowest BCUT2D eigenvalue weighted by molar-refractivity contribution is 0.122. The molecule has 8 nitrogen and oxygen atoms in total. The van der Waals surface area contributed by atoms with Gasteiger partial charge in [-0.2, -0.15) is 0 Å². The second-order valence-electron chi connectivity index (χ2n) is 6.96. The van der Waals surface area contributed by atoms with E-state index in [0.29, 0.717) is 13.1 Å². The summed E-state index contributed by atoms with van der Waals surface area (Å²) in [4.78, 5) is 23.4. The molecule has 0 spiro atoms. The van der Waals surface area contributed by atoms with E-state index in [1.165, 1.54) is 12.8 Å². The third-order valence-electron chi connectivity index (χ3n) is 4.99. The molecule has 144 valence electrons. The van der Waals surface area contributed by atoms with Crippen LogP contribution in [0, 0.1) is 0 Å². The Bertz CT molecular complexity index is 761. The van der Waals surface area contributed by atoms with Gasteiger partial charge in [-0.3, -0.25) is 0 Å². The molecule has 1 saturated heterocycles. The minimum atomic E-state index is -0.189. The van der Waals surface area contributed by atoms with E-state index in [2.05, 4.69) is 30.1 Å². The maximum atomic E-state index is 12.1. The maximum Gasteiger partial charge on any atom is 0.315 e. The molecule has 2 aromatic heterocycles. The Hall–Kier alpha value is -2.61. The summed E-state index contributed by atoms with van der Waals surface area (Å²) in [6, 6.07) is 3.76. The van der Waals surface area contributed by atoms with Gasteiger partial charge < -0.3 is 24.8 Å². The normalized spacial score (nSPS) is 16.7. The topological polar surface area (TPSA) is 84.3 Å². The maximum absolute atomic E-state index is 12.1. The lowest BCUT2D eigenvalue weighted by Gasteiger charge is -2.28. The number of hydrogen-bond acceptors (Lipinski definition) is 5. The van der Waals surface area contributed by atoms with Gasteiger partial charge >= 0.3 is 6.03 Å². The van der Waals surface area contributed by atoms with Gasteiger partial charge in [-0.15, -0.1) is 0 Å². The monoisotopic (exact) mass is 370 g/mol. The summed E-state index contributed by atoms with van der Waals surface area (Å²) in [5.41, 5.74) is 1.94. The average Bonchev–Trinajstić information content (AvgIpc) is 3.15.